The molecule has 1 aromatic rings. The van der Waals surface area contributed by atoms with Gasteiger partial charge in [-0.25, -0.2) is 0 Å². The average molecular weight is 208 g/mol. The van der Waals surface area contributed by atoms with E-state index in [0.717, 1.165) is 25.8 Å². The largest absolute Gasteiger partial charge is 0.469 e. The summed E-state index contributed by atoms with van der Waals surface area (Å²) in [6.07, 6.45) is 4.48. The molecule has 1 heterocycles. The quantitative estimate of drug-likeness (QED) is 0.685. The van der Waals surface area contributed by atoms with E-state index < -0.39 is 0 Å². The molecule has 82 valence electrons. The molecule has 15 heavy (non-hydrogen) atoms. The van der Waals surface area contributed by atoms with Crippen LogP contribution < -0.4 is 0 Å². The highest BCUT2D eigenvalue weighted by Gasteiger charge is 2.27. The van der Waals surface area contributed by atoms with Crippen LogP contribution in [0, 0.1) is 5.92 Å². The van der Waals surface area contributed by atoms with Gasteiger partial charge in [-0.2, -0.15) is 5.10 Å². The highest BCUT2D eigenvalue weighted by Crippen LogP contribution is 2.26. The summed E-state index contributed by atoms with van der Waals surface area (Å²) in [6, 6.07) is 0. The first-order chi connectivity index (χ1) is 7.26. The number of carbonyl (C=O) groups excluding carboxylic acids is 1. The molecule has 4 heteroatoms. The van der Waals surface area contributed by atoms with Crippen LogP contribution in [-0.4, -0.2) is 22.9 Å². The minimum Gasteiger partial charge on any atom is -0.469 e. The predicted molar refractivity (Wildman–Crippen MR) is 55.4 cm³/mol. The predicted octanol–water partition coefficient (Wildman–Crippen LogP) is 1.18. The third kappa shape index (κ3) is 1.76. The summed E-state index contributed by atoms with van der Waals surface area (Å²) in [5.74, 6) is -0.0677. The SMILES string of the molecule is CCn1ncc2c1CC[C@@H](C(=O)OC)C2. The van der Waals surface area contributed by atoms with E-state index in [2.05, 4.69) is 12.0 Å². The van der Waals surface area contributed by atoms with Crippen LogP contribution in [0.4, 0.5) is 0 Å². The van der Waals surface area contributed by atoms with Crippen molar-refractivity contribution in [2.75, 3.05) is 7.11 Å². The maximum absolute atomic E-state index is 11.4. The monoisotopic (exact) mass is 208 g/mol. The maximum atomic E-state index is 11.4. The van der Waals surface area contributed by atoms with Gasteiger partial charge in [0.1, 0.15) is 0 Å². The van der Waals surface area contributed by atoms with Gasteiger partial charge in [-0.1, -0.05) is 0 Å². The van der Waals surface area contributed by atoms with E-state index in [4.69, 9.17) is 4.74 Å². The van der Waals surface area contributed by atoms with Crippen molar-refractivity contribution in [2.24, 2.45) is 5.92 Å². The average Bonchev–Trinajstić information content (AvgIpc) is 2.69. The standard InChI is InChI=1S/C11H16N2O2/c1-3-13-10-5-4-8(11(14)15-2)6-9(10)7-12-13/h7-8H,3-6H2,1-2H3/t8-/m1/s1. The summed E-state index contributed by atoms with van der Waals surface area (Å²) < 4.78 is 6.79. The van der Waals surface area contributed by atoms with Crippen LogP contribution in [0.2, 0.25) is 0 Å². The molecule has 1 aliphatic rings. The van der Waals surface area contributed by atoms with E-state index in [1.807, 2.05) is 10.9 Å². The van der Waals surface area contributed by atoms with Crippen molar-refractivity contribution in [2.45, 2.75) is 32.7 Å². The molecule has 0 unspecified atom stereocenters. The molecular weight excluding hydrogens is 192 g/mol. The number of hydrogen-bond donors (Lipinski definition) is 0. The molecule has 0 N–H and O–H groups in total. The number of ether oxygens (including phenoxy) is 1. The van der Waals surface area contributed by atoms with E-state index >= 15 is 0 Å². The fraction of sp³-hybridized carbons (Fsp3) is 0.636. The van der Waals surface area contributed by atoms with E-state index in [-0.39, 0.29) is 11.9 Å². The minimum absolute atomic E-state index is 0.0250. The molecular formula is C11H16N2O2. The van der Waals surface area contributed by atoms with Gasteiger partial charge in [0.25, 0.3) is 0 Å². The van der Waals surface area contributed by atoms with Crippen molar-refractivity contribution < 1.29 is 9.53 Å². The first kappa shape index (κ1) is 10.2. The van der Waals surface area contributed by atoms with Crippen molar-refractivity contribution in [1.29, 1.82) is 0 Å². The maximum Gasteiger partial charge on any atom is 0.309 e. The molecule has 0 radical (unpaired) electrons. The van der Waals surface area contributed by atoms with Crippen molar-refractivity contribution in [3.05, 3.63) is 17.5 Å². The number of aryl methyl sites for hydroxylation is 1. The van der Waals surface area contributed by atoms with Crippen molar-refractivity contribution >= 4 is 5.97 Å². The van der Waals surface area contributed by atoms with Gasteiger partial charge in [-0.05, 0) is 31.7 Å². The molecule has 1 aromatic heterocycles. The molecule has 0 spiro atoms. The molecule has 0 amide bonds. The second-order valence-corrected chi connectivity index (χ2v) is 3.90. The second kappa shape index (κ2) is 4.04. The molecule has 1 aliphatic carbocycles. The summed E-state index contributed by atoms with van der Waals surface area (Å²) in [5, 5.41) is 4.30. The van der Waals surface area contributed by atoms with Crippen LogP contribution in [0.25, 0.3) is 0 Å². The lowest BCUT2D eigenvalue weighted by Crippen LogP contribution is -2.24. The summed E-state index contributed by atoms with van der Waals surface area (Å²) in [6.45, 7) is 2.98. The Morgan fingerprint density at radius 1 is 1.73 bits per heavy atom. The van der Waals surface area contributed by atoms with E-state index in [1.165, 1.54) is 18.4 Å². The van der Waals surface area contributed by atoms with Gasteiger partial charge >= 0.3 is 5.97 Å². The van der Waals surface area contributed by atoms with Gasteiger partial charge in [0.2, 0.25) is 0 Å². The van der Waals surface area contributed by atoms with Crippen LogP contribution in [0.5, 0.6) is 0 Å². The molecule has 4 nitrogen and oxygen atoms in total. The third-order valence-electron chi connectivity index (χ3n) is 3.07. The Morgan fingerprint density at radius 3 is 3.20 bits per heavy atom. The fourth-order valence-corrected chi connectivity index (χ4v) is 2.23. The first-order valence-electron chi connectivity index (χ1n) is 5.37. The summed E-state index contributed by atoms with van der Waals surface area (Å²) in [7, 11) is 1.45. The number of nitrogens with zero attached hydrogens (tertiary/aromatic N) is 2. The number of methoxy groups -OCH3 is 1. The van der Waals surface area contributed by atoms with Crippen molar-refractivity contribution in [3.63, 3.8) is 0 Å². The molecule has 0 saturated carbocycles. The van der Waals surface area contributed by atoms with Crippen LogP contribution in [-0.2, 0) is 28.9 Å². The molecule has 0 aliphatic heterocycles. The number of rotatable bonds is 2. The Kier molecular flexibility index (Phi) is 2.75. The zero-order valence-corrected chi connectivity index (χ0v) is 9.19. The van der Waals surface area contributed by atoms with Gasteiger partial charge in [0.15, 0.2) is 0 Å². The zero-order chi connectivity index (χ0) is 10.8. The Labute approximate surface area is 89.2 Å². The highest BCUT2D eigenvalue weighted by atomic mass is 16.5. The van der Waals surface area contributed by atoms with Crippen LogP contribution in [0.3, 0.4) is 0 Å². The summed E-state index contributed by atoms with van der Waals surface area (Å²) in [5.41, 5.74) is 2.50. The van der Waals surface area contributed by atoms with Crippen molar-refractivity contribution in [3.8, 4) is 0 Å². The molecule has 1 atom stereocenters. The Morgan fingerprint density at radius 2 is 2.53 bits per heavy atom. The molecule has 0 bridgehead atoms. The van der Waals surface area contributed by atoms with Gasteiger partial charge in [0.05, 0.1) is 19.2 Å². The van der Waals surface area contributed by atoms with Gasteiger partial charge in [-0.15, -0.1) is 0 Å². The summed E-state index contributed by atoms with van der Waals surface area (Å²) in [4.78, 5) is 11.4. The Hall–Kier alpha value is -1.32. The highest BCUT2D eigenvalue weighted by molar-refractivity contribution is 5.73. The van der Waals surface area contributed by atoms with Gasteiger partial charge in [0, 0.05) is 12.2 Å². The van der Waals surface area contributed by atoms with Crippen LogP contribution in [0.15, 0.2) is 6.20 Å². The molecule has 0 saturated heterocycles. The summed E-state index contributed by atoms with van der Waals surface area (Å²) >= 11 is 0. The lowest BCUT2D eigenvalue weighted by Gasteiger charge is -2.20. The number of esters is 1. The molecule has 2 rings (SSSR count). The van der Waals surface area contributed by atoms with Crippen LogP contribution >= 0.6 is 0 Å². The lowest BCUT2D eigenvalue weighted by atomic mass is 9.88. The first-order valence-corrected chi connectivity index (χ1v) is 5.37. The number of aromatic nitrogens is 2. The topological polar surface area (TPSA) is 44.1 Å². The molecule has 0 aromatic carbocycles. The smallest absolute Gasteiger partial charge is 0.309 e. The van der Waals surface area contributed by atoms with E-state index in [0.29, 0.717) is 0 Å². The van der Waals surface area contributed by atoms with E-state index in [9.17, 15) is 4.79 Å². The second-order valence-electron chi connectivity index (χ2n) is 3.90. The number of fused-ring (bicyclic) bond motifs is 1. The van der Waals surface area contributed by atoms with Crippen LogP contribution in [0.1, 0.15) is 24.6 Å². The van der Waals surface area contributed by atoms with Gasteiger partial charge in [-0.3, -0.25) is 9.48 Å². The lowest BCUT2D eigenvalue weighted by molar-refractivity contribution is -0.145. The number of hydrogen-bond acceptors (Lipinski definition) is 3. The normalized spacial score (nSPS) is 19.7. The zero-order valence-electron chi connectivity index (χ0n) is 9.19. The van der Waals surface area contributed by atoms with Crippen molar-refractivity contribution in [1.82, 2.24) is 9.78 Å². The number of carbonyl (C=O) groups is 1. The van der Waals surface area contributed by atoms with E-state index in [1.54, 1.807) is 0 Å². The Bertz CT molecular complexity index is 371. The minimum atomic E-state index is -0.0927. The molecule has 0 fully saturated rings. The third-order valence-corrected chi connectivity index (χ3v) is 3.07. The Balaban J connectivity index is 2.17. The van der Waals surface area contributed by atoms with Gasteiger partial charge < -0.3 is 4.74 Å². The fourth-order valence-electron chi connectivity index (χ4n) is 2.23.